The van der Waals surface area contributed by atoms with Crippen molar-refractivity contribution in [3.05, 3.63) is 166 Å². The monoisotopic (exact) mass is 560 g/mol. The van der Waals surface area contributed by atoms with Gasteiger partial charge >= 0.3 is 0 Å². The van der Waals surface area contributed by atoms with Crippen molar-refractivity contribution in [2.45, 2.75) is 11.8 Å². The Morgan fingerprint density at radius 3 is 1.72 bits per heavy atom. The summed E-state index contributed by atoms with van der Waals surface area (Å²) in [6.07, 6.45) is 10.1. The van der Waals surface area contributed by atoms with Crippen molar-refractivity contribution in [3.63, 3.8) is 0 Å². The molecular formula is C40H32O3. The van der Waals surface area contributed by atoms with Crippen molar-refractivity contribution < 1.29 is 14.2 Å². The minimum Gasteiger partial charge on any atom is -0.497 e. The molecule has 0 fully saturated rings. The number of fused-ring (bicyclic) bond motifs is 1. The summed E-state index contributed by atoms with van der Waals surface area (Å²) in [4.78, 5) is 0. The van der Waals surface area contributed by atoms with Crippen molar-refractivity contribution in [2.75, 3.05) is 21.3 Å². The maximum Gasteiger partial charge on any atom is 0.118 e. The van der Waals surface area contributed by atoms with E-state index in [1.807, 2.05) is 0 Å². The second kappa shape index (κ2) is 9.78. The van der Waals surface area contributed by atoms with Crippen molar-refractivity contribution >= 4 is 16.3 Å². The van der Waals surface area contributed by atoms with Gasteiger partial charge in [-0.3, -0.25) is 0 Å². The van der Waals surface area contributed by atoms with Crippen molar-refractivity contribution in [3.8, 4) is 17.2 Å². The minimum atomic E-state index is -0.523. The molecule has 5 aromatic rings. The lowest BCUT2D eigenvalue weighted by atomic mass is 9.58. The highest BCUT2D eigenvalue weighted by atomic mass is 16.5. The third-order valence-electron chi connectivity index (χ3n) is 9.66. The summed E-state index contributed by atoms with van der Waals surface area (Å²) in [7, 11) is 5.17. The lowest BCUT2D eigenvalue weighted by Gasteiger charge is -2.43. The molecule has 3 nitrogen and oxygen atoms in total. The molecule has 0 radical (unpaired) electrons. The summed E-state index contributed by atoms with van der Waals surface area (Å²) < 4.78 is 16.8. The van der Waals surface area contributed by atoms with Crippen LogP contribution in [-0.2, 0) is 11.8 Å². The molecule has 0 aliphatic heterocycles. The first-order valence-electron chi connectivity index (χ1n) is 14.8. The molecule has 1 unspecified atom stereocenters. The Balaban J connectivity index is 1.56. The van der Waals surface area contributed by atoms with Gasteiger partial charge in [0, 0.05) is 5.92 Å². The van der Waals surface area contributed by atoms with E-state index in [9.17, 15) is 0 Å². The maximum atomic E-state index is 5.63. The van der Waals surface area contributed by atoms with Crippen LogP contribution in [0.4, 0.5) is 0 Å². The number of hydrogen-bond donors (Lipinski definition) is 0. The van der Waals surface area contributed by atoms with Gasteiger partial charge in [-0.05, 0) is 104 Å². The molecule has 3 aliphatic rings. The van der Waals surface area contributed by atoms with Gasteiger partial charge in [-0.15, -0.1) is 0 Å². The number of hydrogen-bond acceptors (Lipinski definition) is 3. The van der Waals surface area contributed by atoms with Gasteiger partial charge in [-0.1, -0.05) is 85.0 Å². The molecule has 3 aliphatic carbocycles. The molecule has 5 aromatic carbocycles. The van der Waals surface area contributed by atoms with Gasteiger partial charge in [-0.25, -0.2) is 0 Å². The average molecular weight is 561 g/mol. The largest absolute Gasteiger partial charge is 0.497 e. The first-order valence-corrected chi connectivity index (χ1v) is 14.8. The molecule has 0 saturated heterocycles. The molecule has 3 heteroatoms. The fourth-order valence-corrected chi connectivity index (χ4v) is 7.68. The number of benzene rings is 5. The number of ether oxygens (including phenoxy) is 3. The van der Waals surface area contributed by atoms with Gasteiger partial charge < -0.3 is 14.2 Å². The van der Waals surface area contributed by atoms with Crippen LogP contribution in [0.5, 0.6) is 17.2 Å². The van der Waals surface area contributed by atoms with E-state index < -0.39 is 5.41 Å². The lowest BCUT2D eigenvalue weighted by molar-refractivity contribution is 0.413. The lowest BCUT2D eigenvalue weighted by Crippen LogP contribution is -2.38. The molecule has 0 saturated carbocycles. The van der Waals surface area contributed by atoms with E-state index in [1.165, 1.54) is 60.9 Å². The first-order chi connectivity index (χ1) is 21.2. The maximum absolute atomic E-state index is 5.63. The second-order valence-electron chi connectivity index (χ2n) is 11.5. The van der Waals surface area contributed by atoms with Gasteiger partial charge in [0.2, 0.25) is 0 Å². The van der Waals surface area contributed by atoms with E-state index >= 15 is 0 Å². The number of methoxy groups -OCH3 is 3. The van der Waals surface area contributed by atoms with Gasteiger partial charge in [-0.2, -0.15) is 0 Å². The summed E-state index contributed by atoms with van der Waals surface area (Å²) in [5.74, 6) is 2.56. The highest BCUT2D eigenvalue weighted by molar-refractivity contribution is 6.08. The van der Waals surface area contributed by atoms with Gasteiger partial charge in [0.15, 0.2) is 0 Å². The Morgan fingerprint density at radius 1 is 0.581 bits per heavy atom. The third-order valence-corrected chi connectivity index (χ3v) is 9.66. The van der Waals surface area contributed by atoms with Crippen molar-refractivity contribution in [1.82, 2.24) is 0 Å². The van der Waals surface area contributed by atoms with E-state index in [4.69, 9.17) is 14.2 Å². The molecular weight excluding hydrogens is 528 g/mol. The van der Waals surface area contributed by atoms with Crippen LogP contribution >= 0.6 is 0 Å². The molecule has 0 heterocycles. The zero-order valence-corrected chi connectivity index (χ0v) is 24.6. The van der Waals surface area contributed by atoms with Gasteiger partial charge in [0.05, 0.1) is 26.7 Å². The smallest absolute Gasteiger partial charge is 0.118 e. The zero-order valence-electron chi connectivity index (χ0n) is 24.6. The van der Waals surface area contributed by atoms with Crippen LogP contribution < -0.4 is 14.2 Å². The van der Waals surface area contributed by atoms with E-state index in [-0.39, 0.29) is 5.92 Å². The molecule has 0 aromatic heterocycles. The van der Waals surface area contributed by atoms with Crippen LogP contribution in [0.25, 0.3) is 16.3 Å². The molecule has 8 rings (SSSR count). The summed E-state index contributed by atoms with van der Waals surface area (Å²) in [5.41, 5.74) is 11.1. The molecule has 0 N–H and O–H groups in total. The molecule has 0 bridgehead atoms. The van der Waals surface area contributed by atoms with Crippen LogP contribution in [0.3, 0.4) is 0 Å². The minimum absolute atomic E-state index is 0.0146. The molecule has 0 spiro atoms. The summed E-state index contributed by atoms with van der Waals surface area (Å²) in [5, 5.41) is 2.75. The average Bonchev–Trinajstić information content (AvgIpc) is 3.16. The SMILES string of the molecule is COc1ccc(C2=C3C=CC=CC3C(c3ccc(OC)cc3)(c3ccc(OC)cc3)c3ccc4c5c(ccc2c35)C4)cc1. The van der Waals surface area contributed by atoms with Crippen LogP contribution in [-0.4, -0.2) is 21.3 Å². The molecule has 43 heavy (non-hydrogen) atoms. The molecule has 0 amide bonds. The Morgan fingerprint density at radius 2 is 1.14 bits per heavy atom. The first kappa shape index (κ1) is 25.7. The fraction of sp³-hybridized carbons (Fsp3) is 0.150. The van der Waals surface area contributed by atoms with Gasteiger partial charge in [0.25, 0.3) is 0 Å². The topological polar surface area (TPSA) is 27.7 Å². The van der Waals surface area contributed by atoms with Crippen LogP contribution in [0, 0.1) is 5.92 Å². The summed E-state index contributed by atoms with van der Waals surface area (Å²) >= 11 is 0. The normalized spacial score (nSPS) is 17.2. The quantitative estimate of drug-likeness (QED) is 0.204. The van der Waals surface area contributed by atoms with E-state index in [2.05, 4.69) is 121 Å². The van der Waals surface area contributed by atoms with Crippen LogP contribution in [0.1, 0.15) is 38.9 Å². The van der Waals surface area contributed by atoms with E-state index in [0.29, 0.717) is 0 Å². The van der Waals surface area contributed by atoms with E-state index in [0.717, 1.165) is 23.7 Å². The predicted octanol–water partition coefficient (Wildman–Crippen LogP) is 8.66. The van der Waals surface area contributed by atoms with Gasteiger partial charge in [0.1, 0.15) is 17.2 Å². The number of allylic oxidation sites excluding steroid dienone is 5. The Labute approximate surface area is 252 Å². The third kappa shape index (κ3) is 3.61. The molecule has 210 valence electrons. The Kier molecular flexibility index (Phi) is 5.84. The van der Waals surface area contributed by atoms with Crippen LogP contribution in [0.2, 0.25) is 0 Å². The Bertz CT molecular complexity index is 1920. The Hall–Kier alpha value is -5.02. The summed E-state index contributed by atoms with van der Waals surface area (Å²) in [6.45, 7) is 0. The van der Waals surface area contributed by atoms with Crippen molar-refractivity contribution in [1.29, 1.82) is 0 Å². The number of rotatable bonds is 6. The standard InChI is InChI=1S/C40H32O3/c1-41-30-16-8-25(9-17-30)38-33-6-4-5-7-35(33)40(28-12-18-31(42-2)19-13-28,29-14-20-32(43-3)21-15-29)36-23-11-27-24-26-10-22-34(38)39(36)37(26)27/h4-23,35H,24H2,1-3H3. The van der Waals surface area contributed by atoms with Crippen molar-refractivity contribution in [2.24, 2.45) is 5.92 Å². The second-order valence-corrected chi connectivity index (χ2v) is 11.5. The summed E-state index contributed by atoms with van der Waals surface area (Å²) in [6, 6.07) is 35.4. The van der Waals surface area contributed by atoms with Crippen LogP contribution in [0.15, 0.2) is 127 Å². The predicted molar refractivity (Wildman–Crippen MR) is 173 cm³/mol. The molecule has 1 atom stereocenters. The highest BCUT2D eigenvalue weighted by Gasteiger charge is 2.48. The van der Waals surface area contributed by atoms with E-state index in [1.54, 1.807) is 21.3 Å². The highest BCUT2D eigenvalue weighted by Crippen LogP contribution is 2.58. The fourth-order valence-electron chi connectivity index (χ4n) is 7.68. The zero-order chi connectivity index (χ0) is 29.1.